The van der Waals surface area contributed by atoms with Crippen molar-refractivity contribution >= 4 is 0 Å². The lowest BCUT2D eigenvalue weighted by atomic mass is 9.81. The minimum absolute atomic E-state index is 0.786. The van der Waals surface area contributed by atoms with Gasteiger partial charge in [-0.3, -0.25) is 0 Å². The lowest BCUT2D eigenvalue weighted by Crippen LogP contribution is -2.13. The Balaban J connectivity index is 1.71. The minimum atomic E-state index is 0.786. The fourth-order valence-electron chi connectivity index (χ4n) is 2.57. The Morgan fingerprint density at radius 2 is 1.67 bits per heavy atom. The molecule has 0 aromatic carbocycles. The Labute approximate surface area is 94.5 Å². The summed E-state index contributed by atoms with van der Waals surface area (Å²) in [6.45, 7) is 2.39. The third-order valence-electron chi connectivity index (χ3n) is 3.92. The second-order valence-corrected chi connectivity index (χ2v) is 5.36. The standard InChI is InChI=1S/C15H24/c1-13(15-9-3-2-4-10-15)7-5-6-8-14-11-12-14/h5-8,13-15H,2-4,9-12H2,1H3. The highest BCUT2D eigenvalue weighted by molar-refractivity contribution is 5.08. The number of rotatable bonds is 4. The average Bonchev–Trinajstić information content (AvgIpc) is 3.09. The lowest BCUT2D eigenvalue weighted by Gasteiger charge is -2.25. The highest BCUT2D eigenvalue weighted by Crippen LogP contribution is 2.31. The van der Waals surface area contributed by atoms with Gasteiger partial charge in [0.1, 0.15) is 0 Å². The molecule has 0 heterocycles. The second kappa shape index (κ2) is 5.53. The summed E-state index contributed by atoms with van der Waals surface area (Å²) in [4.78, 5) is 0. The first-order chi connectivity index (χ1) is 7.36. The summed E-state index contributed by atoms with van der Waals surface area (Å²) in [7, 11) is 0. The Morgan fingerprint density at radius 1 is 0.933 bits per heavy atom. The maximum absolute atomic E-state index is 2.41. The van der Waals surface area contributed by atoms with E-state index < -0.39 is 0 Å². The minimum Gasteiger partial charge on any atom is -0.0814 e. The van der Waals surface area contributed by atoms with E-state index in [1.165, 1.54) is 44.9 Å². The third kappa shape index (κ3) is 3.85. The average molecular weight is 204 g/mol. The van der Waals surface area contributed by atoms with Gasteiger partial charge in [-0.2, -0.15) is 0 Å². The van der Waals surface area contributed by atoms with Crippen molar-refractivity contribution in [2.75, 3.05) is 0 Å². The normalized spacial score (nSPS) is 26.5. The molecular weight excluding hydrogens is 180 g/mol. The summed E-state index contributed by atoms with van der Waals surface area (Å²) in [6, 6.07) is 0. The maximum Gasteiger partial charge on any atom is -0.0230 e. The van der Waals surface area contributed by atoms with Gasteiger partial charge in [0.2, 0.25) is 0 Å². The molecule has 2 fully saturated rings. The van der Waals surface area contributed by atoms with E-state index in [0.717, 1.165) is 17.8 Å². The Bertz CT molecular complexity index is 226. The van der Waals surface area contributed by atoms with Crippen LogP contribution in [-0.4, -0.2) is 0 Å². The van der Waals surface area contributed by atoms with Gasteiger partial charge >= 0.3 is 0 Å². The summed E-state index contributed by atoms with van der Waals surface area (Å²) in [5.74, 6) is 2.66. The number of allylic oxidation sites excluding steroid dienone is 4. The molecule has 2 saturated carbocycles. The van der Waals surface area contributed by atoms with Gasteiger partial charge < -0.3 is 0 Å². The molecule has 0 heteroatoms. The molecule has 0 bridgehead atoms. The van der Waals surface area contributed by atoms with Crippen LogP contribution in [0.15, 0.2) is 24.3 Å². The van der Waals surface area contributed by atoms with E-state index in [2.05, 4.69) is 31.2 Å². The van der Waals surface area contributed by atoms with Crippen molar-refractivity contribution in [3.05, 3.63) is 24.3 Å². The second-order valence-electron chi connectivity index (χ2n) is 5.36. The topological polar surface area (TPSA) is 0 Å². The molecule has 0 amide bonds. The van der Waals surface area contributed by atoms with Gasteiger partial charge in [-0.25, -0.2) is 0 Å². The van der Waals surface area contributed by atoms with Gasteiger partial charge in [0.05, 0.1) is 0 Å². The summed E-state index contributed by atoms with van der Waals surface area (Å²) >= 11 is 0. The van der Waals surface area contributed by atoms with Crippen molar-refractivity contribution in [3.63, 3.8) is 0 Å². The molecule has 0 aromatic rings. The molecule has 84 valence electrons. The highest BCUT2D eigenvalue weighted by Gasteiger charge is 2.18. The van der Waals surface area contributed by atoms with Crippen molar-refractivity contribution in [2.45, 2.75) is 51.9 Å². The quantitative estimate of drug-likeness (QED) is 0.581. The summed E-state index contributed by atoms with van der Waals surface area (Å²) in [5.41, 5.74) is 0. The van der Waals surface area contributed by atoms with Gasteiger partial charge in [0.25, 0.3) is 0 Å². The molecule has 2 aliphatic carbocycles. The van der Waals surface area contributed by atoms with E-state index in [1.54, 1.807) is 0 Å². The monoisotopic (exact) mass is 204 g/mol. The van der Waals surface area contributed by atoms with Crippen LogP contribution in [0.4, 0.5) is 0 Å². The van der Waals surface area contributed by atoms with Gasteiger partial charge in [-0.1, -0.05) is 50.5 Å². The van der Waals surface area contributed by atoms with Crippen LogP contribution in [0.5, 0.6) is 0 Å². The first kappa shape index (κ1) is 11.0. The summed E-state index contributed by atoms with van der Waals surface area (Å²) < 4.78 is 0. The van der Waals surface area contributed by atoms with Gasteiger partial charge in [0, 0.05) is 0 Å². The first-order valence-electron chi connectivity index (χ1n) is 6.71. The van der Waals surface area contributed by atoms with Crippen molar-refractivity contribution in [1.82, 2.24) is 0 Å². The van der Waals surface area contributed by atoms with E-state index >= 15 is 0 Å². The molecular formula is C15H24. The highest BCUT2D eigenvalue weighted by atomic mass is 14.2. The van der Waals surface area contributed by atoms with Crippen molar-refractivity contribution in [3.8, 4) is 0 Å². The van der Waals surface area contributed by atoms with Gasteiger partial charge in [-0.15, -0.1) is 0 Å². The third-order valence-corrected chi connectivity index (χ3v) is 3.92. The first-order valence-corrected chi connectivity index (χ1v) is 6.71. The van der Waals surface area contributed by atoms with Crippen LogP contribution in [0, 0.1) is 17.8 Å². The largest absolute Gasteiger partial charge is 0.0814 e. The van der Waals surface area contributed by atoms with E-state index in [0.29, 0.717) is 0 Å². The number of hydrogen-bond donors (Lipinski definition) is 0. The molecule has 0 nitrogen and oxygen atoms in total. The molecule has 0 aliphatic heterocycles. The molecule has 15 heavy (non-hydrogen) atoms. The van der Waals surface area contributed by atoms with Crippen LogP contribution in [-0.2, 0) is 0 Å². The predicted octanol–water partition coefficient (Wildman–Crippen LogP) is 4.73. The SMILES string of the molecule is CC(C=CC=CC1CC1)C1CCCCC1. The lowest BCUT2D eigenvalue weighted by molar-refractivity contribution is 0.300. The van der Waals surface area contributed by atoms with Gasteiger partial charge in [-0.05, 0) is 43.4 Å². The summed E-state index contributed by atoms with van der Waals surface area (Å²) in [5, 5.41) is 0. The molecule has 2 aliphatic rings. The summed E-state index contributed by atoms with van der Waals surface area (Å²) in [6.07, 6.45) is 19.4. The zero-order chi connectivity index (χ0) is 10.5. The van der Waals surface area contributed by atoms with Crippen molar-refractivity contribution in [1.29, 1.82) is 0 Å². The van der Waals surface area contributed by atoms with Crippen LogP contribution in [0.2, 0.25) is 0 Å². The van der Waals surface area contributed by atoms with Crippen LogP contribution in [0.3, 0.4) is 0 Å². The molecule has 0 N–H and O–H groups in total. The van der Waals surface area contributed by atoms with Gasteiger partial charge in [0.15, 0.2) is 0 Å². The molecule has 0 radical (unpaired) electrons. The zero-order valence-corrected chi connectivity index (χ0v) is 9.99. The molecule has 2 rings (SSSR count). The van der Waals surface area contributed by atoms with Crippen LogP contribution >= 0.6 is 0 Å². The van der Waals surface area contributed by atoms with E-state index in [4.69, 9.17) is 0 Å². The van der Waals surface area contributed by atoms with Crippen LogP contribution in [0.1, 0.15) is 51.9 Å². The Kier molecular flexibility index (Phi) is 4.05. The molecule has 0 saturated heterocycles. The Morgan fingerprint density at radius 3 is 2.33 bits per heavy atom. The molecule has 0 aromatic heterocycles. The number of hydrogen-bond acceptors (Lipinski definition) is 0. The Hall–Kier alpha value is -0.520. The smallest absolute Gasteiger partial charge is 0.0230 e. The van der Waals surface area contributed by atoms with Crippen molar-refractivity contribution in [2.24, 2.45) is 17.8 Å². The van der Waals surface area contributed by atoms with E-state index in [-0.39, 0.29) is 0 Å². The predicted molar refractivity (Wildman–Crippen MR) is 66.7 cm³/mol. The molecule has 1 atom stereocenters. The van der Waals surface area contributed by atoms with E-state index in [9.17, 15) is 0 Å². The zero-order valence-electron chi connectivity index (χ0n) is 9.99. The van der Waals surface area contributed by atoms with Crippen LogP contribution in [0.25, 0.3) is 0 Å². The maximum atomic E-state index is 2.41. The molecule has 1 unspecified atom stereocenters. The van der Waals surface area contributed by atoms with Crippen molar-refractivity contribution < 1.29 is 0 Å². The fraction of sp³-hybridized carbons (Fsp3) is 0.733. The molecule has 0 spiro atoms. The van der Waals surface area contributed by atoms with E-state index in [1.807, 2.05) is 0 Å². The van der Waals surface area contributed by atoms with Crippen LogP contribution < -0.4 is 0 Å². The fourth-order valence-corrected chi connectivity index (χ4v) is 2.57.